The summed E-state index contributed by atoms with van der Waals surface area (Å²) in [5, 5.41) is 0.151. The van der Waals surface area contributed by atoms with Crippen molar-refractivity contribution < 1.29 is 14.0 Å². The number of halogens is 1. The van der Waals surface area contributed by atoms with E-state index in [0.717, 1.165) is 22.9 Å². The van der Waals surface area contributed by atoms with Gasteiger partial charge in [-0.05, 0) is 48.5 Å². The van der Waals surface area contributed by atoms with E-state index in [-0.39, 0.29) is 17.1 Å². The van der Waals surface area contributed by atoms with E-state index in [9.17, 15) is 4.79 Å². The molecular formula is C22H35BrO3Si. The minimum absolute atomic E-state index is 0.0237. The van der Waals surface area contributed by atoms with E-state index in [1.54, 1.807) is 0 Å². The number of benzene rings is 1. The number of methoxy groups -OCH3 is 1. The lowest BCUT2D eigenvalue weighted by Crippen LogP contribution is -2.45. The Balaban J connectivity index is 2.94. The molecule has 0 aliphatic rings. The second-order valence-corrected chi connectivity index (χ2v) is 14.3. The molecule has 27 heavy (non-hydrogen) atoms. The van der Waals surface area contributed by atoms with Crippen molar-refractivity contribution in [3.05, 3.63) is 40.4 Å². The van der Waals surface area contributed by atoms with E-state index in [1.807, 2.05) is 18.2 Å². The second-order valence-electron chi connectivity index (χ2n) is 8.67. The van der Waals surface area contributed by atoms with Crippen molar-refractivity contribution in [1.82, 2.24) is 0 Å². The van der Waals surface area contributed by atoms with Crippen LogP contribution in [0.3, 0.4) is 0 Å². The molecule has 3 nitrogen and oxygen atoms in total. The van der Waals surface area contributed by atoms with Crippen LogP contribution in [0.2, 0.25) is 18.1 Å². The van der Waals surface area contributed by atoms with E-state index in [4.69, 9.17) is 9.16 Å². The highest BCUT2D eigenvalue weighted by Crippen LogP contribution is 2.38. The van der Waals surface area contributed by atoms with Gasteiger partial charge in [0.25, 0.3) is 0 Å². The number of rotatable bonds is 9. The fourth-order valence-electron chi connectivity index (χ4n) is 2.51. The maximum Gasteiger partial charge on any atom is 0.305 e. The summed E-state index contributed by atoms with van der Waals surface area (Å²) >= 11 is 3.61. The third-order valence-corrected chi connectivity index (χ3v) is 10.6. The predicted molar refractivity (Wildman–Crippen MR) is 120 cm³/mol. The zero-order chi connectivity index (χ0) is 20.7. The topological polar surface area (TPSA) is 35.5 Å². The molecular weight excluding hydrogens is 420 g/mol. The fraction of sp³-hybridized carbons (Fsp3) is 0.591. The molecule has 0 aromatic heterocycles. The van der Waals surface area contributed by atoms with Gasteiger partial charge in [-0.15, -0.1) is 0 Å². The first-order chi connectivity index (χ1) is 12.5. The van der Waals surface area contributed by atoms with Gasteiger partial charge in [-0.2, -0.15) is 0 Å². The summed E-state index contributed by atoms with van der Waals surface area (Å²) in [5.74, 6) is 0.176. The Morgan fingerprint density at radius 3 is 2.44 bits per heavy atom. The maximum absolute atomic E-state index is 11.4. The number of hydrogen-bond acceptors (Lipinski definition) is 3. The number of hydrogen-bond donors (Lipinski definition) is 0. The SMILES string of the molecule is COC(=O)CCC[C@H](C)[C@@H](/C=C/c1ccccc1Br)O[Si](C)(C)C(C)(C)C. The zero-order valence-electron chi connectivity index (χ0n) is 17.8. The van der Waals surface area contributed by atoms with Crippen molar-refractivity contribution in [2.45, 2.75) is 71.2 Å². The molecule has 0 amide bonds. The van der Waals surface area contributed by atoms with Gasteiger partial charge in [-0.25, -0.2) is 0 Å². The normalized spacial score (nSPS) is 15.0. The third kappa shape index (κ3) is 7.92. The highest BCUT2D eigenvalue weighted by Gasteiger charge is 2.39. The number of ether oxygens (including phenoxy) is 1. The van der Waals surface area contributed by atoms with Gasteiger partial charge in [-0.3, -0.25) is 4.79 Å². The molecule has 0 N–H and O–H groups in total. The molecule has 1 aromatic rings. The molecule has 2 atom stereocenters. The van der Waals surface area contributed by atoms with Crippen LogP contribution in [0.5, 0.6) is 0 Å². The molecule has 0 bridgehead atoms. The first-order valence-corrected chi connectivity index (χ1v) is 13.4. The molecule has 0 aliphatic carbocycles. The summed E-state index contributed by atoms with van der Waals surface area (Å²) in [7, 11) is -0.465. The van der Waals surface area contributed by atoms with Gasteiger partial charge in [0.15, 0.2) is 8.32 Å². The summed E-state index contributed by atoms with van der Waals surface area (Å²) in [5.41, 5.74) is 1.14. The Kier molecular flexibility index (Phi) is 9.46. The van der Waals surface area contributed by atoms with Crippen molar-refractivity contribution >= 4 is 36.3 Å². The van der Waals surface area contributed by atoms with Crippen LogP contribution in [-0.2, 0) is 14.0 Å². The van der Waals surface area contributed by atoms with Crippen molar-refractivity contribution in [3.63, 3.8) is 0 Å². The van der Waals surface area contributed by atoms with E-state index >= 15 is 0 Å². The van der Waals surface area contributed by atoms with Gasteiger partial charge in [0, 0.05) is 10.9 Å². The lowest BCUT2D eigenvalue weighted by Gasteiger charge is -2.40. The number of esters is 1. The van der Waals surface area contributed by atoms with Crippen LogP contribution in [0.25, 0.3) is 6.08 Å². The summed E-state index contributed by atoms with van der Waals surface area (Å²) in [6, 6.07) is 8.18. The van der Waals surface area contributed by atoms with Gasteiger partial charge in [0.1, 0.15) is 0 Å². The molecule has 0 spiro atoms. The van der Waals surface area contributed by atoms with Crippen LogP contribution in [0.15, 0.2) is 34.8 Å². The first kappa shape index (κ1) is 24.1. The number of carbonyl (C=O) groups excluding carboxylic acids is 1. The van der Waals surface area contributed by atoms with E-state index < -0.39 is 8.32 Å². The second kappa shape index (κ2) is 10.6. The highest BCUT2D eigenvalue weighted by atomic mass is 79.9. The van der Waals surface area contributed by atoms with Crippen LogP contribution in [0, 0.1) is 5.92 Å². The summed E-state index contributed by atoms with van der Waals surface area (Å²) < 4.78 is 12.6. The van der Waals surface area contributed by atoms with Crippen LogP contribution in [-0.4, -0.2) is 27.5 Å². The Bertz CT molecular complexity index is 635. The smallest absolute Gasteiger partial charge is 0.305 e. The van der Waals surface area contributed by atoms with Gasteiger partial charge < -0.3 is 9.16 Å². The molecule has 0 aliphatic heterocycles. The lowest BCUT2D eigenvalue weighted by atomic mass is 9.97. The standard InChI is InChI=1S/C22H35BrO3Si/c1-17(11-10-14-21(24)25-5)20(26-27(6,7)22(2,3)4)16-15-18-12-8-9-13-19(18)23/h8-9,12-13,15-17,20H,10-11,14H2,1-7H3/b16-15+/t17-,20+/m0/s1. The minimum atomic E-state index is -1.91. The summed E-state index contributed by atoms with van der Waals surface area (Å²) in [6.07, 6.45) is 6.54. The Morgan fingerprint density at radius 1 is 1.26 bits per heavy atom. The van der Waals surface area contributed by atoms with Gasteiger partial charge >= 0.3 is 5.97 Å². The molecule has 1 aromatic carbocycles. The summed E-state index contributed by atoms with van der Waals surface area (Å²) in [4.78, 5) is 11.4. The quantitative estimate of drug-likeness (QED) is 0.302. The molecule has 5 heteroatoms. The average Bonchev–Trinajstić information content (AvgIpc) is 2.58. The van der Waals surface area contributed by atoms with Crippen LogP contribution in [0.1, 0.15) is 52.5 Å². The average molecular weight is 456 g/mol. The Labute approximate surface area is 174 Å². The monoisotopic (exact) mass is 454 g/mol. The highest BCUT2D eigenvalue weighted by molar-refractivity contribution is 9.10. The molecule has 0 saturated heterocycles. The molecule has 0 fully saturated rings. The maximum atomic E-state index is 11.4. The third-order valence-electron chi connectivity index (χ3n) is 5.44. The molecule has 0 unspecified atom stereocenters. The van der Waals surface area contributed by atoms with Crippen LogP contribution >= 0.6 is 15.9 Å². The van der Waals surface area contributed by atoms with E-state index in [1.165, 1.54) is 7.11 Å². The minimum Gasteiger partial charge on any atom is -0.469 e. The van der Waals surface area contributed by atoms with Gasteiger partial charge in [0.2, 0.25) is 0 Å². The van der Waals surface area contributed by atoms with Crippen molar-refractivity contribution in [3.8, 4) is 0 Å². The van der Waals surface area contributed by atoms with Crippen molar-refractivity contribution in [2.75, 3.05) is 7.11 Å². The lowest BCUT2D eigenvalue weighted by molar-refractivity contribution is -0.140. The predicted octanol–water partition coefficient (Wildman–Crippen LogP) is 6.83. The van der Waals surface area contributed by atoms with Crippen molar-refractivity contribution in [1.29, 1.82) is 0 Å². The van der Waals surface area contributed by atoms with Crippen LogP contribution in [0.4, 0.5) is 0 Å². The molecule has 0 saturated carbocycles. The van der Waals surface area contributed by atoms with Crippen LogP contribution < -0.4 is 0 Å². The largest absolute Gasteiger partial charge is 0.469 e. The van der Waals surface area contributed by atoms with E-state index in [2.05, 4.69) is 74.9 Å². The van der Waals surface area contributed by atoms with Gasteiger partial charge in [-0.1, -0.05) is 74.0 Å². The van der Waals surface area contributed by atoms with Crippen molar-refractivity contribution in [2.24, 2.45) is 5.92 Å². The molecule has 0 radical (unpaired) electrons. The molecule has 0 heterocycles. The molecule has 152 valence electrons. The van der Waals surface area contributed by atoms with Gasteiger partial charge in [0.05, 0.1) is 13.2 Å². The summed E-state index contributed by atoms with van der Waals surface area (Å²) in [6.45, 7) is 13.6. The Morgan fingerprint density at radius 2 is 1.89 bits per heavy atom. The molecule has 1 rings (SSSR count). The zero-order valence-corrected chi connectivity index (χ0v) is 20.4. The Hall–Kier alpha value is -0.913. The van der Waals surface area contributed by atoms with E-state index in [0.29, 0.717) is 12.3 Å². The number of carbonyl (C=O) groups is 1. The first-order valence-electron chi connectivity index (χ1n) is 9.65. The fourth-order valence-corrected chi connectivity index (χ4v) is 4.27.